The highest BCUT2D eigenvalue weighted by Gasteiger charge is 2.10. The highest BCUT2D eigenvalue weighted by molar-refractivity contribution is 5.72. The van der Waals surface area contributed by atoms with E-state index < -0.39 is 0 Å². The quantitative estimate of drug-likeness (QED) is 0.876. The molecule has 0 amide bonds. The number of pyridine rings is 1. The van der Waals surface area contributed by atoms with Crippen LogP contribution in [0.5, 0.6) is 0 Å². The Morgan fingerprint density at radius 3 is 2.47 bits per heavy atom. The van der Waals surface area contributed by atoms with Crippen molar-refractivity contribution in [3.63, 3.8) is 0 Å². The van der Waals surface area contributed by atoms with Gasteiger partial charge in [-0.2, -0.15) is 0 Å². The maximum absolute atomic E-state index is 5.91. The van der Waals surface area contributed by atoms with Crippen LogP contribution in [0, 0.1) is 6.92 Å². The molecule has 0 saturated heterocycles. The number of nitrogens with zero attached hydrogens (tertiary/aromatic N) is 2. The Hall–Kier alpha value is -2.03. The third kappa shape index (κ3) is 2.38. The predicted molar refractivity (Wildman–Crippen MR) is 72.5 cm³/mol. The van der Waals surface area contributed by atoms with Crippen molar-refractivity contribution in [3.8, 4) is 0 Å². The summed E-state index contributed by atoms with van der Waals surface area (Å²) in [5, 5.41) is 0. The van der Waals surface area contributed by atoms with Gasteiger partial charge in [0.15, 0.2) is 0 Å². The van der Waals surface area contributed by atoms with E-state index in [1.54, 1.807) is 6.20 Å². The largest absolute Gasteiger partial charge is 0.382 e. The molecule has 2 aromatic rings. The van der Waals surface area contributed by atoms with Crippen molar-refractivity contribution < 1.29 is 0 Å². The minimum atomic E-state index is 0.565. The second-order valence-electron chi connectivity index (χ2n) is 3.99. The van der Waals surface area contributed by atoms with E-state index in [4.69, 9.17) is 5.73 Å². The molecule has 3 nitrogen and oxygen atoms in total. The molecule has 88 valence electrons. The lowest BCUT2D eigenvalue weighted by Gasteiger charge is -2.24. The Morgan fingerprint density at radius 2 is 1.88 bits per heavy atom. The monoisotopic (exact) mass is 227 g/mol. The number of benzene rings is 1. The van der Waals surface area contributed by atoms with Crippen LogP contribution in [0.3, 0.4) is 0 Å². The molecule has 0 saturated carbocycles. The molecule has 0 radical (unpaired) electrons. The van der Waals surface area contributed by atoms with Crippen molar-refractivity contribution in [1.82, 2.24) is 4.98 Å². The molecule has 17 heavy (non-hydrogen) atoms. The summed E-state index contributed by atoms with van der Waals surface area (Å²) in [6.07, 6.45) is 1.71. The molecule has 1 heterocycles. The highest BCUT2D eigenvalue weighted by Crippen LogP contribution is 2.28. The van der Waals surface area contributed by atoms with Crippen LogP contribution in [0.15, 0.2) is 42.6 Å². The molecule has 0 unspecified atom stereocenters. The molecule has 0 aliphatic rings. The van der Waals surface area contributed by atoms with Crippen LogP contribution in [0.25, 0.3) is 0 Å². The normalized spacial score (nSPS) is 10.2. The summed E-state index contributed by atoms with van der Waals surface area (Å²) >= 11 is 0. The van der Waals surface area contributed by atoms with Gasteiger partial charge < -0.3 is 10.6 Å². The number of aryl methyl sites for hydroxylation is 1. The number of anilines is 3. The lowest BCUT2D eigenvalue weighted by molar-refractivity contribution is 1.02. The van der Waals surface area contributed by atoms with E-state index in [0.717, 1.165) is 17.9 Å². The van der Waals surface area contributed by atoms with Gasteiger partial charge >= 0.3 is 0 Å². The van der Waals surface area contributed by atoms with Gasteiger partial charge in [-0.3, -0.25) is 0 Å². The third-order valence-electron chi connectivity index (χ3n) is 2.77. The first-order valence-corrected chi connectivity index (χ1v) is 5.77. The number of aromatic nitrogens is 1. The minimum Gasteiger partial charge on any atom is -0.382 e. The summed E-state index contributed by atoms with van der Waals surface area (Å²) in [6.45, 7) is 5.05. The molecule has 1 aromatic heterocycles. The highest BCUT2D eigenvalue weighted by atomic mass is 15.1. The maximum atomic E-state index is 5.91. The fourth-order valence-electron chi connectivity index (χ4n) is 1.85. The second kappa shape index (κ2) is 4.87. The van der Waals surface area contributed by atoms with Crippen LogP contribution in [-0.4, -0.2) is 11.5 Å². The van der Waals surface area contributed by atoms with Gasteiger partial charge in [0, 0.05) is 18.4 Å². The van der Waals surface area contributed by atoms with E-state index in [9.17, 15) is 0 Å². The number of hydrogen-bond acceptors (Lipinski definition) is 3. The Labute approximate surface area is 102 Å². The smallest absolute Gasteiger partial charge is 0.147 e. The van der Waals surface area contributed by atoms with Crippen molar-refractivity contribution in [1.29, 1.82) is 0 Å². The van der Waals surface area contributed by atoms with Crippen molar-refractivity contribution in [2.75, 3.05) is 17.2 Å². The van der Waals surface area contributed by atoms with Gasteiger partial charge in [-0.05, 0) is 38.1 Å². The van der Waals surface area contributed by atoms with Gasteiger partial charge in [0.25, 0.3) is 0 Å². The molecular weight excluding hydrogens is 210 g/mol. The van der Waals surface area contributed by atoms with Gasteiger partial charge in [-0.15, -0.1) is 0 Å². The Balaban J connectivity index is 2.40. The first-order chi connectivity index (χ1) is 8.22. The van der Waals surface area contributed by atoms with E-state index in [2.05, 4.69) is 48.0 Å². The van der Waals surface area contributed by atoms with Crippen LogP contribution >= 0.6 is 0 Å². The lowest BCUT2D eigenvalue weighted by Crippen LogP contribution is -2.17. The molecule has 0 aliphatic carbocycles. The molecule has 2 N–H and O–H groups in total. The molecule has 0 aliphatic heterocycles. The van der Waals surface area contributed by atoms with Crippen LogP contribution in [0.1, 0.15) is 12.5 Å². The van der Waals surface area contributed by atoms with Crippen molar-refractivity contribution >= 4 is 17.2 Å². The van der Waals surface area contributed by atoms with E-state index in [-0.39, 0.29) is 0 Å². The van der Waals surface area contributed by atoms with Crippen LogP contribution in [0.4, 0.5) is 17.2 Å². The first kappa shape index (κ1) is 11.5. The van der Waals surface area contributed by atoms with Crippen LogP contribution < -0.4 is 10.6 Å². The Morgan fingerprint density at radius 1 is 1.18 bits per heavy atom. The van der Waals surface area contributed by atoms with Crippen molar-refractivity contribution in [2.24, 2.45) is 0 Å². The molecule has 2 rings (SSSR count). The number of nitrogen functional groups attached to an aromatic ring is 1. The third-order valence-corrected chi connectivity index (χ3v) is 2.77. The van der Waals surface area contributed by atoms with Gasteiger partial charge in [0.1, 0.15) is 5.82 Å². The van der Waals surface area contributed by atoms with Gasteiger partial charge in [-0.25, -0.2) is 4.98 Å². The average Bonchev–Trinajstić information content (AvgIpc) is 2.35. The fourth-order valence-corrected chi connectivity index (χ4v) is 1.85. The standard InChI is InChI=1S/C14H17N3/c1-3-17(12-8-6-11(2)7-9-12)13-5-4-10-16-14(13)15/h4-10H,3H2,1-2H3,(H2,15,16). The fraction of sp³-hybridized carbons (Fsp3) is 0.214. The summed E-state index contributed by atoms with van der Waals surface area (Å²) in [5.74, 6) is 0.565. The second-order valence-corrected chi connectivity index (χ2v) is 3.99. The number of rotatable bonds is 3. The van der Waals surface area contributed by atoms with E-state index in [1.165, 1.54) is 5.56 Å². The Bertz CT molecular complexity index is 491. The molecule has 3 heteroatoms. The zero-order valence-corrected chi connectivity index (χ0v) is 10.2. The summed E-state index contributed by atoms with van der Waals surface area (Å²) < 4.78 is 0. The molecule has 1 aromatic carbocycles. The molecular formula is C14H17N3. The van der Waals surface area contributed by atoms with E-state index >= 15 is 0 Å². The summed E-state index contributed by atoms with van der Waals surface area (Å²) in [7, 11) is 0. The zero-order valence-electron chi connectivity index (χ0n) is 10.2. The van der Waals surface area contributed by atoms with Crippen molar-refractivity contribution in [3.05, 3.63) is 48.2 Å². The maximum Gasteiger partial charge on any atom is 0.147 e. The lowest BCUT2D eigenvalue weighted by atomic mass is 10.2. The molecule has 0 spiro atoms. The van der Waals surface area contributed by atoms with E-state index in [0.29, 0.717) is 5.82 Å². The van der Waals surface area contributed by atoms with Crippen molar-refractivity contribution in [2.45, 2.75) is 13.8 Å². The van der Waals surface area contributed by atoms with Gasteiger partial charge in [-0.1, -0.05) is 17.7 Å². The minimum absolute atomic E-state index is 0.565. The summed E-state index contributed by atoms with van der Waals surface area (Å²) in [5.41, 5.74) is 9.26. The topological polar surface area (TPSA) is 42.2 Å². The number of hydrogen-bond donors (Lipinski definition) is 1. The summed E-state index contributed by atoms with van der Waals surface area (Å²) in [4.78, 5) is 6.28. The number of nitrogens with two attached hydrogens (primary N) is 1. The van der Waals surface area contributed by atoms with Gasteiger partial charge in [0.2, 0.25) is 0 Å². The molecule has 0 bridgehead atoms. The zero-order chi connectivity index (χ0) is 12.3. The molecule has 0 fully saturated rings. The Kier molecular flexibility index (Phi) is 3.28. The predicted octanol–water partition coefficient (Wildman–Crippen LogP) is 3.13. The SMILES string of the molecule is CCN(c1ccc(C)cc1)c1cccnc1N. The van der Waals surface area contributed by atoms with Crippen LogP contribution in [-0.2, 0) is 0 Å². The molecule has 0 atom stereocenters. The average molecular weight is 227 g/mol. The first-order valence-electron chi connectivity index (χ1n) is 5.77. The van der Waals surface area contributed by atoms with Crippen LogP contribution in [0.2, 0.25) is 0 Å². The van der Waals surface area contributed by atoms with Gasteiger partial charge in [0.05, 0.1) is 5.69 Å². The van der Waals surface area contributed by atoms with E-state index in [1.807, 2.05) is 12.1 Å². The summed E-state index contributed by atoms with van der Waals surface area (Å²) in [6, 6.07) is 12.3.